The van der Waals surface area contributed by atoms with Crippen molar-refractivity contribution in [2.45, 2.75) is 26.9 Å². The Labute approximate surface area is 89.7 Å². The van der Waals surface area contributed by atoms with Gasteiger partial charge in [0.15, 0.2) is 0 Å². The fraction of sp³-hybridized carbons (Fsp3) is 0.800. The molecule has 0 aliphatic heterocycles. The summed E-state index contributed by atoms with van der Waals surface area (Å²) in [5.74, 6) is -1.47. The second-order valence-electron chi connectivity index (χ2n) is 3.98. The molecule has 0 rings (SSSR count). The number of hydrogen-bond donors (Lipinski definition) is 2. The van der Waals surface area contributed by atoms with Crippen molar-refractivity contribution >= 4 is 11.8 Å². The van der Waals surface area contributed by atoms with E-state index in [0.717, 1.165) is 0 Å². The zero-order valence-electron chi connectivity index (χ0n) is 9.43. The molecule has 2 atom stereocenters. The van der Waals surface area contributed by atoms with Crippen LogP contribution in [-0.2, 0) is 9.59 Å². The van der Waals surface area contributed by atoms with Gasteiger partial charge in [0.25, 0.3) is 0 Å². The highest BCUT2D eigenvalue weighted by atomic mass is 16.4. The molecule has 0 radical (unpaired) electrons. The third-order valence-corrected chi connectivity index (χ3v) is 1.92. The summed E-state index contributed by atoms with van der Waals surface area (Å²) in [6, 6.07) is 0. The Morgan fingerprint density at radius 2 is 1.80 bits per heavy atom. The fourth-order valence-electron chi connectivity index (χ4n) is 1.36. The largest absolute Gasteiger partial charge is 0.481 e. The van der Waals surface area contributed by atoms with Gasteiger partial charge in [0.2, 0.25) is 0 Å². The minimum atomic E-state index is -0.894. The predicted molar refractivity (Wildman–Crippen MR) is 55.6 cm³/mol. The average Bonchev–Trinajstić information content (AvgIpc) is 2.00. The van der Waals surface area contributed by atoms with E-state index in [9.17, 15) is 14.7 Å². The van der Waals surface area contributed by atoms with E-state index in [1.165, 1.54) is 6.92 Å². The van der Waals surface area contributed by atoms with Crippen molar-refractivity contribution in [3.63, 3.8) is 0 Å². The lowest BCUT2D eigenvalue weighted by atomic mass is 10.1. The summed E-state index contributed by atoms with van der Waals surface area (Å²) < 4.78 is 0. The van der Waals surface area contributed by atoms with E-state index in [0.29, 0.717) is 6.54 Å². The van der Waals surface area contributed by atoms with Crippen molar-refractivity contribution in [3.8, 4) is 0 Å². The Balaban J connectivity index is 4.23. The molecule has 2 N–H and O–H groups in total. The maximum Gasteiger partial charge on any atom is 0.307 e. The molecule has 0 spiro atoms. The zero-order valence-corrected chi connectivity index (χ0v) is 9.43. The first-order chi connectivity index (χ1) is 6.82. The second kappa shape index (κ2) is 6.53. The SMILES string of the molecule is CC(=O)CN(CC(C)O)CC(C)C(=O)O. The number of Topliss-reactive ketones (excluding diaryl/α,β-unsaturated/α-hetero) is 1. The van der Waals surface area contributed by atoms with Crippen molar-refractivity contribution < 1.29 is 19.8 Å². The molecular formula is C10H19NO4. The maximum absolute atomic E-state index is 10.9. The minimum absolute atomic E-state index is 0.0340. The molecule has 0 amide bonds. The van der Waals surface area contributed by atoms with Gasteiger partial charge in [-0.25, -0.2) is 0 Å². The first-order valence-corrected chi connectivity index (χ1v) is 4.95. The van der Waals surface area contributed by atoms with E-state index in [1.54, 1.807) is 18.7 Å². The lowest BCUT2D eigenvalue weighted by molar-refractivity contribution is -0.142. The normalized spacial score (nSPS) is 15.0. The summed E-state index contributed by atoms with van der Waals surface area (Å²) in [5, 5.41) is 17.9. The molecule has 5 heteroatoms. The summed E-state index contributed by atoms with van der Waals surface area (Å²) in [6.07, 6.45) is -0.564. The molecule has 0 saturated heterocycles. The van der Waals surface area contributed by atoms with Crippen LogP contribution in [0, 0.1) is 5.92 Å². The van der Waals surface area contributed by atoms with Crippen LogP contribution in [0.1, 0.15) is 20.8 Å². The molecule has 0 aromatic rings. The monoisotopic (exact) mass is 217 g/mol. The number of carbonyl (C=O) groups is 2. The van der Waals surface area contributed by atoms with Gasteiger partial charge in [-0.3, -0.25) is 14.5 Å². The molecule has 0 aromatic carbocycles. The Morgan fingerprint density at radius 1 is 1.27 bits per heavy atom. The standard InChI is InChI=1S/C10H19NO4/c1-7(10(14)15)4-11(5-8(2)12)6-9(3)13/h7-8,12H,4-6H2,1-3H3,(H,14,15). The highest BCUT2D eigenvalue weighted by Crippen LogP contribution is 2.01. The molecule has 0 aliphatic carbocycles. The number of carboxylic acids is 1. The van der Waals surface area contributed by atoms with Gasteiger partial charge in [0.05, 0.1) is 18.6 Å². The molecule has 0 saturated carbocycles. The van der Waals surface area contributed by atoms with Gasteiger partial charge >= 0.3 is 5.97 Å². The van der Waals surface area contributed by atoms with Crippen LogP contribution in [0.25, 0.3) is 0 Å². The fourth-order valence-corrected chi connectivity index (χ4v) is 1.36. The number of hydrogen-bond acceptors (Lipinski definition) is 4. The van der Waals surface area contributed by atoms with E-state index < -0.39 is 18.0 Å². The van der Waals surface area contributed by atoms with E-state index >= 15 is 0 Å². The van der Waals surface area contributed by atoms with E-state index in [1.807, 2.05) is 0 Å². The van der Waals surface area contributed by atoms with E-state index in [-0.39, 0.29) is 18.9 Å². The second-order valence-corrected chi connectivity index (χ2v) is 3.98. The molecule has 0 heterocycles. The van der Waals surface area contributed by atoms with Crippen LogP contribution in [-0.4, -0.2) is 52.6 Å². The van der Waals surface area contributed by atoms with Gasteiger partial charge in [-0.15, -0.1) is 0 Å². The lowest BCUT2D eigenvalue weighted by Crippen LogP contribution is -2.39. The number of aliphatic carboxylic acids is 1. The molecule has 5 nitrogen and oxygen atoms in total. The van der Waals surface area contributed by atoms with Crippen LogP contribution >= 0.6 is 0 Å². The van der Waals surface area contributed by atoms with Crippen molar-refractivity contribution in [1.29, 1.82) is 0 Å². The van der Waals surface area contributed by atoms with Crippen LogP contribution in [0.3, 0.4) is 0 Å². The van der Waals surface area contributed by atoms with Gasteiger partial charge in [-0.05, 0) is 13.8 Å². The Kier molecular flexibility index (Phi) is 6.12. The predicted octanol–water partition coefficient (Wildman–Crippen LogP) is -0.0211. The van der Waals surface area contributed by atoms with Gasteiger partial charge in [-0.1, -0.05) is 6.92 Å². The number of nitrogens with zero attached hydrogens (tertiary/aromatic N) is 1. The average molecular weight is 217 g/mol. The van der Waals surface area contributed by atoms with E-state index in [2.05, 4.69) is 0 Å². The number of ketones is 1. The summed E-state index contributed by atoms with van der Waals surface area (Å²) in [5.41, 5.74) is 0. The Morgan fingerprint density at radius 3 is 2.13 bits per heavy atom. The molecule has 2 unspecified atom stereocenters. The Hall–Kier alpha value is -0.940. The summed E-state index contributed by atoms with van der Waals surface area (Å²) in [4.78, 5) is 23.2. The molecule has 0 aromatic heterocycles. The third kappa shape index (κ3) is 7.04. The highest BCUT2D eigenvalue weighted by molar-refractivity contribution is 5.77. The first kappa shape index (κ1) is 14.1. The van der Waals surface area contributed by atoms with Crippen LogP contribution in [0.2, 0.25) is 0 Å². The molecule has 0 aliphatic rings. The van der Waals surface area contributed by atoms with Crippen molar-refractivity contribution in [2.75, 3.05) is 19.6 Å². The third-order valence-electron chi connectivity index (χ3n) is 1.92. The van der Waals surface area contributed by atoms with Crippen molar-refractivity contribution in [1.82, 2.24) is 4.90 Å². The molecule has 0 fully saturated rings. The van der Waals surface area contributed by atoms with Crippen LogP contribution in [0.5, 0.6) is 0 Å². The van der Waals surface area contributed by atoms with Gasteiger partial charge in [-0.2, -0.15) is 0 Å². The molecule has 0 bridgehead atoms. The zero-order chi connectivity index (χ0) is 12.0. The number of carbonyl (C=O) groups excluding carboxylic acids is 1. The molecule has 88 valence electrons. The van der Waals surface area contributed by atoms with Crippen LogP contribution in [0.15, 0.2) is 0 Å². The van der Waals surface area contributed by atoms with Crippen molar-refractivity contribution in [3.05, 3.63) is 0 Å². The van der Waals surface area contributed by atoms with Crippen LogP contribution in [0.4, 0.5) is 0 Å². The number of carboxylic acid groups (broad SMARTS) is 1. The highest BCUT2D eigenvalue weighted by Gasteiger charge is 2.18. The number of rotatable bonds is 7. The summed E-state index contributed by atoms with van der Waals surface area (Å²) in [6.45, 7) is 5.41. The summed E-state index contributed by atoms with van der Waals surface area (Å²) >= 11 is 0. The van der Waals surface area contributed by atoms with Gasteiger partial charge in [0.1, 0.15) is 5.78 Å². The number of aliphatic hydroxyl groups is 1. The lowest BCUT2D eigenvalue weighted by Gasteiger charge is -2.24. The molecule has 15 heavy (non-hydrogen) atoms. The number of aliphatic hydroxyl groups excluding tert-OH is 1. The Bertz CT molecular complexity index is 227. The van der Waals surface area contributed by atoms with E-state index in [4.69, 9.17) is 5.11 Å². The quantitative estimate of drug-likeness (QED) is 0.626. The van der Waals surface area contributed by atoms with Gasteiger partial charge < -0.3 is 10.2 Å². The van der Waals surface area contributed by atoms with Crippen LogP contribution < -0.4 is 0 Å². The van der Waals surface area contributed by atoms with Gasteiger partial charge in [0, 0.05) is 13.1 Å². The smallest absolute Gasteiger partial charge is 0.307 e. The first-order valence-electron chi connectivity index (χ1n) is 4.95. The summed E-state index contributed by atoms with van der Waals surface area (Å²) in [7, 11) is 0. The minimum Gasteiger partial charge on any atom is -0.481 e. The van der Waals surface area contributed by atoms with Crippen molar-refractivity contribution in [2.24, 2.45) is 5.92 Å². The molecular weight excluding hydrogens is 198 g/mol. The maximum atomic E-state index is 10.9. The topological polar surface area (TPSA) is 77.8 Å².